The Kier molecular flexibility index (Phi) is 7.77. The van der Waals surface area contributed by atoms with E-state index in [-0.39, 0.29) is 0 Å². The molecule has 0 aliphatic rings. The van der Waals surface area contributed by atoms with Gasteiger partial charge in [-0.1, -0.05) is 24.3 Å². The van der Waals surface area contributed by atoms with Gasteiger partial charge in [-0.15, -0.1) is 0 Å². The molecule has 0 aliphatic heterocycles. The van der Waals surface area contributed by atoms with Gasteiger partial charge in [0.2, 0.25) is 0 Å². The van der Waals surface area contributed by atoms with Crippen LogP contribution in [-0.4, -0.2) is 0 Å². The van der Waals surface area contributed by atoms with Crippen molar-refractivity contribution < 1.29 is 4.74 Å². The van der Waals surface area contributed by atoms with Crippen molar-refractivity contribution in [3.8, 4) is 0 Å². The zero-order valence-electron chi connectivity index (χ0n) is 7.03. The summed E-state index contributed by atoms with van der Waals surface area (Å²) >= 11 is 0. The van der Waals surface area contributed by atoms with Gasteiger partial charge in [-0.05, 0) is 26.0 Å². The number of hydrogen-bond donors (Lipinski definition) is 0. The second-order valence-corrected chi connectivity index (χ2v) is 1.84. The van der Waals surface area contributed by atoms with Gasteiger partial charge in [0, 0.05) is 0 Å². The van der Waals surface area contributed by atoms with Gasteiger partial charge in [0.15, 0.2) is 0 Å². The summed E-state index contributed by atoms with van der Waals surface area (Å²) in [4.78, 5) is 0. The molecule has 0 rings (SSSR count). The van der Waals surface area contributed by atoms with Crippen LogP contribution in [0.1, 0.15) is 13.8 Å². The summed E-state index contributed by atoms with van der Waals surface area (Å²) in [6.07, 6.45) is 14.6. The lowest BCUT2D eigenvalue weighted by Gasteiger charge is -1.84. The van der Waals surface area contributed by atoms with E-state index in [0.29, 0.717) is 0 Å². The largest absolute Gasteiger partial charge is 0.473 e. The van der Waals surface area contributed by atoms with Crippen LogP contribution in [0.25, 0.3) is 0 Å². The Balaban J connectivity index is 3.40. The molecule has 0 saturated carbocycles. The Morgan fingerprint density at radius 1 is 0.727 bits per heavy atom. The highest BCUT2D eigenvalue weighted by atomic mass is 16.5. The Hall–Kier alpha value is -1.24. The third-order valence-electron chi connectivity index (χ3n) is 0.921. The number of allylic oxidation sites excluding steroid dienone is 6. The molecule has 1 nitrogen and oxygen atoms in total. The van der Waals surface area contributed by atoms with Crippen LogP contribution >= 0.6 is 0 Å². The predicted molar refractivity (Wildman–Crippen MR) is 49.0 cm³/mol. The Labute approximate surface area is 68.4 Å². The molecule has 0 atom stereocenters. The van der Waals surface area contributed by atoms with Gasteiger partial charge in [-0.2, -0.15) is 0 Å². The van der Waals surface area contributed by atoms with Gasteiger partial charge in [0.05, 0.1) is 12.5 Å². The van der Waals surface area contributed by atoms with Crippen LogP contribution in [0.5, 0.6) is 0 Å². The zero-order valence-corrected chi connectivity index (χ0v) is 7.03. The fourth-order valence-corrected chi connectivity index (χ4v) is 0.449. The molecule has 0 N–H and O–H groups in total. The van der Waals surface area contributed by atoms with Crippen molar-refractivity contribution in [2.45, 2.75) is 13.8 Å². The van der Waals surface area contributed by atoms with E-state index in [0.717, 1.165) is 0 Å². The topological polar surface area (TPSA) is 9.23 Å². The highest BCUT2D eigenvalue weighted by Gasteiger charge is 1.63. The average molecular weight is 150 g/mol. The Morgan fingerprint density at radius 2 is 1.18 bits per heavy atom. The van der Waals surface area contributed by atoms with Crippen LogP contribution in [0, 0.1) is 0 Å². The molecule has 0 fully saturated rings. The fourth-order valence-electron chi connectivity index (χ4n) is 0.449. The van der Waals surface area contributed by atoms with Crippen LogP contribution in [0.4, 0.5) is 0 Å². The molecule has 0 aromatic carbocycles. The lowest BCUT2D eigenvalue weighted by atomic mass is 10.5. The summed E-state index contributed by atoms with van der Waals surface area (Å²) in [6, 6.07) is 0. The first-order chi connectivity index (χ1) is 5.41. The van der Waals surface area contributed by atoms with Crippen molar-refractivity contribution in [3.05, 3.63) is 49.0 Å². The molecule has 0 aromatic heterocycles. The van der Waals surface area contributed by atoms with E-state index in [4.69, 9.17) is 4.74 Å². The van der Waals surface area contributed by atoms with Gasteiger partial charge in [0.1, 0.15) is 0 Å². The first-order valence-corrected chi connectivity index (χ1v) is 3.63. The normalized spacial score (nSPS) is 12.9. The minimum atomic E-state index is 1.62. The van der Waals surface area contributed by atoms with Crippen LogP contribution in [0.15, 0.2) is 49.0 Å². The average Bonchev–Trinajstić information content (AvgIpc) is 2.03. The van der Waals surface area contributed by atoms with E-state index >= 15 is 0 Å². The Bertz CT molecular complexity index is 153. The van der Waals surface area contributed by atoms with E-state index in [9.17, 15) is 0 Å². The van der Waals surface area contributed by atoms with Gasteiger partial charge >= 0.3 is 0 Å². The molecule has 0 bridgehead atoms. The smallest absolute Gasteiger partial charge is 0.0901 e. The van der Waals surface area contributed by atoms with E-state index in [1.807, 2.05) is 50.3 Å². The van der Waals surface area contributed by atoms with E-state index in [1.165, 1.54) is 0 Å². The van der Waals surface area contributed by atoms with Gasteiger partial charge in [0.25, 0.3) is 0 Å². The van der Waals surface area contributed by atoms with E-state index in [2.05, 4.69) is 0 Å². The van der Waals surface area contributed by atoms with Crippen molar-refractivity contribution in [3.63, 3.8) is 0 Å². The number of rotatable bonds is 4. The minimum absolute atomic E-state index is 1.62. The third-order valence-corrected chi connectivity index (χ3v) is 0.921. The molecule has 0 heterocycles. The second-order valence-electron chi connectivity index (χ2n) is 1.84. The molecule has 0 radical (unpaired) electrons. The maximum absolute atomic E-state index is 4.97. The highest BCUT2D eigenvalue weighted by molar-refractivity contribution is 5.01. The van der Waals surface area contributed by atoms with Crippen LogP contribution in [-0.2, 0) is 4.74 Å². The van der Waals surface area contributed by atoms with Crippen molar-refractivity contribution in [2.24, 2.45) is 0 Å². The monoisotopic (exact) mass is 150 g/mol. The standard InChI is InChI=1S/C10H14O/c1-3-5-7-9-11-10-8-6-4-2/h3-10H,1-2H3/b5-3+,6-4+,9-7+,10-8+. The minimum Gasteiger partial charge on any atom is -0.473 e. The summed E-state index contributed by atoms with van der Waals surface area (Å²) < 4.78 is 4.97. The Morgan fingerprint density at radius 3 is 1.55 bits per heavy atom. The first-order valence-electron chi connectivity index (χ1n) is 3.63. The quantitative estimate of drug-likeness (QED) is 0.441. The van der Waals surface area contributed by atoms with E-state index in [1.54, 1.807) is 12.5 Å². The molecular formula is C10H14O. The second kappa shape index (κ2) is 8.76. The first kappa shape index (κ1) is 9.76. The highest BCUT2D eigenvalue weighted by Crippen LogP contribution is 1.83. The van der Waals surface area contributed by atoms with Crippen LogP contribution in [0.3, 0.4) is 0 Å². The number of hydrogen-bond acceptors (Lipinski definition) is 1. The molecular weight excluding hydrogens is 136 g/mol. The third kappa shape index (κ3) is 8.76. The SMILES string of the molecule is C/C=C/C=C/O/C=C/C=C/C. The zero-order chi connectivity index (χ0) is 8.36. The lowest BCUT2D eigenvalue weighted by Crippen LogP contribution is -1.62. The molecule has 0 aromatic rings. The van der Waals surface area contributed by atoms with Crippen molar-refractivity contribution in [1.29, 1.82) is 0 Å². The predicted octanol–water partition coefficient (Wildman–Crippen LogP) is 3.18. The van der Waals surface area contributed by atoms with Crippen molar-refractivity contribution >= 4 is 0 Å². The molecule has 60 valence electrons. The van der Waals surface area contributed by atoms with Crippen LogP contribution < -0.4 is 0 Å². The molecule has 0 spiro atoms. The molecule has 0 unspecified atom stereocenters. The number of ether oxygens (including phenoxy) is 1. The summed E-state index contributed by atoms with van der Waals surface area (Å²) in [5.41, 5.74) is 0. The van der Waals surface area contributed by atoms with Crippen molar-refractivity contribution in [2.75, 3.05) is 0 Å². The van der Waals surface area contributed by atoms with E-state index < -0.39 is 0 Å². The molecule has 1 heteroatoms. The van der Waals surface area contributed by atoms with Crippen molar-refractivity contribution in [1.82, 2.24) is 0 Å². The van der Waals surface area contributed by atoms with Gasteiger partial charge in [-0.3, -0.25) is 0 Å². The summed E-state index contributed by atoms with van der Waals surface area (Å²) in [6.45, 7) is 3.92. The maximum atomic E-state index is 4.97. The fraction of sp³-hybridized carbons (Fsp3) is 0.200. The van der Waals surface area contributed by atoms with Gasteiger partial charge in [-0.25, -0.2) is 0 Å². The summed E-state index contributed by atoms with van der Waals surface area (Å²) in [7, 11) is 0. The lowest BCUT2D eigenvalue weighted by molar-refractivity contribution is 0.403. The maximum Gasteiger partial charge on any atom is 0.0901 e. The molecule has 0 amide bonds. The molecule has 0 aliphatic carbocycles. The van der Waals surface area contributed by atoms with Gasteiger partial charge < -0.3 is 4.74 Å². The summed E-state index contributed by atoms with van der Waals surface area (Å²) in [5, 5.41) is 0. The molecule has 11 heavy (non-hydrogen) atoms. The molecule has 0 saturated heterocycles. The van der Waals surface area contributed by atoms with Crippen LogP contribution in [0.2, 0.25) is 0 Å². The summed E-state index contributed by atoms with van der Waals surface area (Å²) in [5.74, 6) is 0.